The molecule has 2 aromatic rings. The second kappa shape index (κ2) is 5.51. The van der Waals surface area contributed by atoms with Crippen LogP contribution in [0.2, 0.25) is 0 Å². The molecule has 1 aliphatic heterocycles. The maximum Gasteiger partial charge on any atom is 0.0425 e. The predicted molar refractivity (Wildman–Crippen MR) is 89.8 cm³/mol. The molecule has 1 aliphatic carbocycles. The Morgan fingerprint density at radius 2 is 1.76 bits per heavy atom. The van der Waals surface area contributed by atoms with Crippen molar-refractivity contribution in [3.63, 3.8) is 0 Å². The summed E-state index contributed by atoms with van der Waals surface area (Å²) in [6.45, 7) is 0. The average molecular weight is 295 g/mol. The van der Waals surface area contributed by atoms with E-state index in [-0.39, 0.29) is 6.04 Å². The first-order valence-electron chi connectivity index (χ1n) is 7.92. The van der Waals surface area contributed by atoms with Crippen LogP contribution < -0.4 is 5.73 Å². The number of benzene rings is 2. The van der Waals surface area contributed by atoms with Gasteiger partial charge in [0.05, 0.1) is 0 Å². The largest absolute Gasteiger partial charge is 0.323 e. The van der Waals surface area contributed by atoms with E-state index in [0.29, 0.717) is 5.25 Å². The van der Waals surface area contributed by atoms with E-state index in [2.05, 4.69) is 48.5 Å². The fourth-order valence-electron chi connectivity index (χ4n) is 3.51. The van der Waals surface area contributed by atoms with Gasteiger partial charge in [-0.25, -0.2) is 0 Å². The number of hydrogen-bond donors (Lipinski definition) is 1. The van der Waals surface area contributed by atoms with Crippen LogP contribution in [0.25, 0.3) is 0 Å². The Bertz CT molecular complexity index is 623. The minimum absolute atomic E-state index is 0.138. The third-order valence-corrected chi connectivity index (χ3v) is 6.39. The van der Waals surface area contributed by atoms with Crippen molar-refractivity contribution in [2.45, 2.75) is 47.8 Å². The molecule has 1 saturated carbocycles. The van der Waals surface area contributed by atoms with Gasteiger partial charge >= 0.3 is 0 Å². The highest BCUT2D eigenvalue weighted by molar-refractivity contribution is 8.00. The third-order valence-electron chi connectivity index (χ3n) is 4.97. The molecule has 2 N–H and O–H groups in total. The maximum absolute atomic E-state index is 6.68. The lowest BCUT2D eigenvalue weighted by Crippen LogP contribution is -2.26. The summed E-state index contributed by atoms with van der Waals surface area (Å²) in [5.41, 5.74) is 11.0. The summed E-state index contributed by atoms with van der Waals surface area (Å²) in [7, 11) is 0. The SMILES string of the molecule is NC(c1ccccc1C1CCC1)C1Cc2ccccc2S1. The Morgan fingerprint density at radius 3 is 2.52 bits per heavy atom. The lowest BCUT2D eigenvalue weighted by Gasteiger charge is -2.30. The van der Waals surface area contributed by atoms with Gasteiger partial charge in [-0.15, -0.1) is 11.8 Å². The number of nitrogens with two attached hydrogens (primary N) is 1. The molecule has 21 heavy (non-hydrogen) atoms. The van der Waals surface area contributed by atoms with Crippen molar-refractivity contribution in [3.8, 4) is 0 Å². The number of rotatable bonds is 3. The molecule has 2 aromatic carbocycles. The Labute approximate surface area is 130 Å². The Kier molecular flexibility index (Phi) is 3.52. The Hall–Kier alpha value is -1.25. The molecule has 0 bridgehead atoms. The van der Waals surface area contributed by atoms with Gasteiger partial charge in [0.2, 0.25) is 0 Å². The lowest BCUT2D eigenvalue weighted by molar-refractivity contribution is 0.414. The van der Waals surface area contributed by atoms with E-state index in [1.54, 1.807) is 0 Å². The monoisotopic (exact) mass is 295 g/mol. The number of thioether (sulfide) groups is 1. The molecule has 0 aromatic heterocycles. The van der Waals surface area contributed by atoms with Crippen LogP contribution in [0.1, 0.15) is 47.9 Å². The second-order valence-corrected chi connectivity index (χ2v) is 7.53. The molecule has 0 spiro atoms. The van der Waals surface area contributed by atoms with Crippen LogP contribution in [0, 0.1) is 0 Å². The van der Waals surface area contributed by atoms with Crippen LogP contribution in [-0.4, -0.2) is 5.25 Å². The zero-order chi connectivity index (χ0) is 14.2. The van der Waals surface area contributed by atoms with E-state index in [0.717, 1.165) is 12.3 Å². The summed E-state index contributed by atoms with van der Waals surface area (Å²) in [5, 5.41) is 0.476. The van der Waals surface area contributed by atoms with E-state index in [9.17, 15) is 0 Å². The van der Waals surface area contributed by atoms with Crippen molar-refractivity contribution in [1.29, 1.82) is 0 Å². The second-order valence-electron chi connectivity index (χ2n) is 6.25. The highest BCUT2D eigenvalue weighted by atomic mass is 32.2. The molecular weight excluding hydrogens is 274 g/mol. The van der Waals surface area contributed by atoms with Gasteiger partial charge in [-0.2, -0.15) is 0 Å². The fourth-order valence-corrected chi connectivity index (χ4v) is 4.86. The van der Waals surface area contributed by atoms with Gasteiger partial charge in [0.1, 0.15) is 0 Å². The van der Waals surface area contributed by atoms with Gasteiger partial charge < -0.3 is 5.73 Å². The van der Waals surface area contributed by atoms with Crippen LogP contribution in [0.3, 0.4) is 0 Å². The van der Waals surface area contributed by atoms with Crippen LogP contribution in [0.4, 0.5) is 0 Å². The lowest BCUT2D eigenvalue weighted by atomic mass is 9.77. The quantitative estimate of drug-likeness (QED) is 0.890. The first kappa shape index (κ1) is 13.4. The van der Waals surface area contributed by atoms with Crippen molar-refractivity contribution in [3.05, 3.63) is 65.2 Å². The van der Waals surface area contributed by atoms with E-state index in [4.69, 9.17) is 5.73 Å². The fraction of sp³-hybridized carbons (Fsp3) is 0.368. The molecule has 0 amide bonds. The highest BCUT2D eigenvalue weighted by Gasteiger charge is 2.31. The van der Waals surface area contributed by atoms with Crippen LogP contribution >= 0.6 is 11.8 Å². The van der Waals surface area contributed by atoms with Crippen molar-refractivity contribution < 1.29 is 0 Å². The standard InChI is InChI=1S/C19H21NS/c20-19(18-12-14-6-1-4-11-17(14)21-18)16-10-3-2-9-15(16)13-7-5-8-13/h1-4,6,9-11,13,18-19H,5,7-8,12,20H2. The molecule has 1 nitrogen and oxygen atoms in total. The minimum atomic E-state index is 0.138. The smallest absolute Gasteiger partial charge is 0.0425 e. The van der Waals surface area contributed by atoms with Crippen molar-refractivity contribution in [2.24, 2.45) is 5.73 Å². The summed E-state index contributed by atoms with van der Waals surface area (Å²) < 4.78 is 0. The van der Waals surface area contributed by atoms with Crippen LogP contribution in [0.5, 0.6) is 0 Å². The Morgan fingerprint density at radius 1 is 1.00 bits per heavy atom. The van der Waals surface area contributed by atoms with Gasteiger partial charge in [0.15, 0.2) is 0 Å². The summed E-state index contributed by atoms with van der Waals surface area (Å²) in [4.78, 5) is 1.42. The predicted octanol–water partition coefficient (Wildman–Crippen LogP) is 4.67. The van der Waals surface area contributed by atoms with E-state index in [1.165, 1.54) is 40.8 Å². The number of fused-ring (bicyclic) bond motifs is 1. The summed E-state index contributed by atoms with van der Waals surface area (Å²) in [6.07, 6.45) is 5.14. The minimum Gasteiger partial charge on any atom is -0.323 e. The van der Waals surface area contributed by atoms with Gasteiger partial charge in [-0.05, 0) is 47.9 Å². The molecule has 2 heteroatoms. The first-order chi connectivity index (χ1) is 10.3. The van der Waals surface area contributed by atoms with E-state index < -0.39 is 0 Å². The van der Waals surface area contributed by atoms with Crippen molar-refractivity contribution in [2.75, 3.05) is 0 Å². The van der Waals surface area contributed by atoms with E-state index >= 15 is 0 Å². The van der Waals surface area contributed by atoms with Gasteiger partial charge in [0.25, 0.3) is 0 Å². The molecule has 2 aliphatic rings. The molecule has 108 valence electrons. The first-order valence-corrected chi connectivity index (χ1v) is 8.80. The molecular formula is C19H21NS. The topological polar surface area (TPSA) is 26.0 Å². The Balaban J connectivity index is 1.60. The van der Waals surface area contributed by atoms with Gasteiger partial charge in [-0.3, -0.25) is 0 Å². The third kappa shape index (κ3) is 2.41. The average Bonchev–Trinajstić information content (AvgIpc) is 2.89. The zero-order valence-electron chi connectivity index (χ0n) is 12.2. The highest BCUT2D eigenvalue weighted by Crippen LogP contribution is 2.45. The molecule has 1 heterocycles. The van der Waals surface area contributed by atoms with Crippen LogP contribution in [0.15, 0.2) is 53.4 Å². The maximum atomic E-state index is 6.68. The zero-order valence-corrected chi connectivity index (χ0v) is 13.0. The van der Waals surface area contributed by atoms with E-state index in [1.807, 2.05) is 11.8 Å². The molecule has 1 fully saturated rings. The van der Waals surface area contributed by atoms with Crippen molar-refractivity contribution in [1.82, 2.24) is 0 Å². The van der Waals surface area contributed by atoms with Gasteiger partial charge in [-0.1, -0.05) is 48.9 Å². The molecule has 4 rings (SSSR count). The molecule has 2 atom stereocenters. The summed E-state index contributed by atoms with van der Waals surface area (Å²) in [6, 6.07) is 17.7. The normalized spacial score (nSPS) is 22.6. The van der Waals surface area contributed by atoms with Crippen LogP contribution in [-0.2, 0) is 6.42 Å². The summed E-state index contributed by atoms with van der Waals surface area (Å²) in [5.74, 6) is 0.751. The molecule has 0 saturated heterocycles. The summed E-state index contributed by atoms with van der Waals surface area (Å²) >= 11 is 1.96. The number of hydrogen-bond acceptors (Lipinski definition) is 2. The van der Waals surface area contributed by atoms with Gasteiger partial charge in [0, 0.05) is 16.2 Å². The molecule has 0 radical (unpaired) electrons. The van der Waals surface area contributed by atoms with Crippen molar-refractivity contribution >= 4 is 11.8 Å². The molecule has 2 unspecified atom stereocenters.